The summed E-state index contributed by atoms with van der Waals surface area (Å²) in [4.78, 5) is 0. The van der Waals surface area contributed by atoms with Crippen molar-refractivity contribution in [3.05, 3.63) is 0 Å². The Morgan fingerprint density at radius 1 is 1.46 bits per heavy atom. The van der Waals surface area contributed by atoms with E-state index in [0.717, 1.165) is 25.7 Å². The Morgan fingerprint density at radius 2 is 2.08 bits per heavy atom. The van der Waals surface area contributed by atoms with E-state index < -0.39 is 5.60 Å². The smallest absolute Gasteiger partial charge is 0.0743 e. The highest BCUT2D eigenvalue weighted by atomic mass is 16.3. The molecular weight excluding hydrogens is 162 g/mol. The summed E-state index contributed by atoms with van der Waals surface area (Å²) < 4.78 is 0. The van der Waals surface area contributed by atoms with Crippen molar-refractivity contribution in [1.29, 1.82) is 0 Å². The van der Waals surface area contributed by atoms with E-state index in [1.165, 1.54) is 12.8 Å². The molecule has 0 aromatic heterocycles. The third-order valence-corrected chi connectivity index (χ3v) is 4.05. The van der Waals surface area contributed by atoms with Gasteiger partial charge in [0.2, 0.25) is 0 Å². The number of nitrogens with two attached hydrogens (primary N) is 1. The lowest BCUT2D eigenvalue weighted by Gasteiger charge is -2.36. The van der Waals surface area contributed by atoms with Crippen LogP contribution in [0.15, 0.2) is 0 Å². The average molecular weight is 183 g/mol. The van der Waals surface area contributed by atoms with Gasteiger partial charge in [0.15, 0.2) is 0 Å². The van der Waals surface area contributed by atoms with Gasteiger partial charge in [-0.3, -0.25) is 0 Å². The molecule has 3 N–H and O–H groups in total. The van der Waals surface area contributed by atoms with Crippen LogP contribution in [0.4, 0.5) is 0 Å². The maximum absolute atomic E-state index is 10.7. The largest absolute Gasteiger partial charge is 0.389 e. The third-order valence-electron chi connectivity index (χ3n) is 4.05. The van der Waals surface area contributed by atoms with Crippen LogP contribution in [0.2, 0.25) is 0 Å². The zero-order valence-electron chi connectivity index (χ0n) is 8.55. The molecule has 2 aliphatic rings. The molecule has 2 aliphatic carbocycles. The molecule has 1 unspecified atom stereocenters. The van der Waals surface area contributed by atoms with Crippen LogP contribution < -0.4 is 5.73 Å². The fourth-order valence-electron chi connectivity index (χ4n) is 2.81. The van der Waals surface area contributed by atoms with E-state index in [9.17, 15) is 5.11 Å². The summed E-state index contributed by atoms with van der Waals surface area (Å²) in [5.41, 5.74) is 5.50. The van der Waals surface area contributed by atoms with E-state index in [1.54, 1.807) is 0 Å². The average Bonchev–Trinajstić information content (AvgIpc) is 3.00. The van der Waals surface area contributed by atoms with Crippen molar-refractivity contribution in [2.24, 2.45) is 17.1 Å². The normalized spacial score (nSPS) is 29.8. The van der Waals surface area contributed by atoms with E-state index >= 15 is 0 Å². The zero-order valence-corrected chi connectivity index (χ0v) is 8.55. The second-order valence-corrected chi connectivity index (χ2v) is 4.93. The molecule has 0 heterocycles. The summed E-state index contributed by atoms with van der Waals surface area (Å²) >= 11 is 0. The molecule has 2 fully saturated rings. The monoisotopic (exact) mass is 183 g/mol. The van der Waals surface area contributed by atoms with Crippen LogP contribution in [0.1, 0.15) is 45.4 Å². The Labute approximate surface area is 80.5 Å². The number of hydrogen-bond acceptors (Lipinski definition) is 2. The lowest BCUT2D eigenvalue weighted by Crippen LogP contribution is -2.45. The molecule has 0 aromatic rings. The van der Waals surface area contributed by atoms with Gasteiger partial charge >= 0.3 is 0 Å². The molecule has 0 aromatic carbocycles. The van der Waals surface area contributed by atoms with Crippen LogP contribution in [0, 0.1) is 11.3 Å². The molecule has 2 heteroatoms. The second kappa shape index (κ2) is 2.96. The SMILES string of the molecule is CCCC(O)(C1CC1)C1(CN)CC1. The van der Waals surface area contributed by atoms with E-state index in [0.29, 0.717) is 12.5 Å². The molecule has 13 heavy (non-hydrogen) atoms. The Kier molecular flexibility index (Phi) is 2.16. The molecule has 0 saturated heterocycles. The van der Waals surface area contributed by atoms with E-state index in [4.69, 9.17) is 5.73 Å². The second-order valence-electron chi connectivity index (χ2n) is 4.93. The maximum Gasteiger partial charge on any atom is 0.0743 e. The van der Waals surface area contributed by atoms with E-state index in [1.807, 2.05) is 0 Å². The highest BCUT2D eigenvalue weighted by molar-refractivity contribution is 5.14. The first-order valence-corrected chi connectivity index (χ1v) is 5.61. The van der Waals surface area contributed by atoms with Gasteiger partial charge in [0.05, 0.1) is 5.60 Å². The number of aliphatic hydroxyl groups is 1. The molecule has 2 rings (SSSR count). The van der Waals surface area contributed by atoms with Crippen molar-refractivity contribution in [2.45, 2.75) is 51.0 Å². The predicted octanol–water partition coefficient (Wildman–Crippen LogP) is 1.67. The van der Waals surface area contributed by atoms with Crippen LogP contribution in [0.3, 0.4) is 0 Å². The molecule has 0 amide bonds. The van der Waals surface area contributed by atoms with Gasteiger partial charge in [-0.15, -0.1) is 0 Å². The van der Waals surface area contributed by atoms with E-state index in [2.05, 4.69) is 6.92 Å². The molecule has 0 aliphatic heterocycles. The summed E-state index contributed by atoms with van der Waals surface area (Å²) in [5.74, 6) is 0.568. The summed E-state index contributed by atoms with van der Waals surface area (Å²) in [6, 6.07) is 0. The maximum atomic E-state index is 10.7. The van der Waals surface area contributed by atoms with Gasteiger partial charge in [0.1, 0.15) is 0 Å². The Bertz CT molecular complexity index is 196. The van der Waals surface area contributed by atoms with Crippen molar-refractivity contribution in [3.8, 4) is 0 Å². The van der Waals surface area contributed by atoms with Crippen molar-refractivity contribution < 1.29 is 5.11 Å². The first-order chi connectivity index (χ1) is 6.18. The highest BCUT2D eigenvalue weighted by Crippen LogP contribution is 2.62. The highest BCUT2D eigenvalue weighted by Gasteiger charge is 2.62. The molecule has 0 spiro atoms. The minimum absolute atomic E-state index is 0.115. The van der Waals surface area contributed by atoms with Crippen LogP contribution >= 0.6 is 0 Å². The quantitative estimate of drug-likeness (QED) is 0.681. The van der Waals surface area contributed by atoms with Crippen LogP contribution in [0.5, 0.6) is 0 Å². The van der Waals surface area contributed by atoms with Gasteiger partial charge in [-0.25, -0.2) is 0 Å². The standard InChI is InChI=1S/C11H21NO/c1-2-5-11(13,9-3-4-9)10(8-12)6-7-10/h9,13H,2-8,12H2,1H3. The van der Waals surface area contributed by atoms with Crippen molar-refractivity contribution in [1.82, 2.24) is 0 Å². The summed E-state index contributed by atoms with van der Waals surface area (Å²) in [7, 11) is 0. The van der Waals surface area contributed by atoms with Gasteiger partial charge in [-0.2, -0.15) is 0 Å². The molecule has 2 nitrogen and oxygen atoms in total. The van der Waals surface area contributed by atoms with Crippen LogP contribution in [-0.2, 0) is 0 Å². The van der Waals surface area contributed by atoms with Crippen LogP contribution in [-0.4, -0.2) is 17.3 Å². The molecule has 76 valence electrons. The first kappa shape index (κ1) is 9.47. The minimum atomic E-state index is -0.406. The Balaban J connectivity index is 2.12. The fraction of sp³-hybridized carbons (Fsp3) is 1.00. The van der Waals surface area contributed by atoms with Crippen molar-refractivity contribution in [3.63, 3.8) is 0 Å². The zero-order chi connectivity index (χ0) is 9.53. The van der Waals surface area contributed by atoms with Gasteiger partial charge in [0, 0.05) is 12.0 Å². The minimum Gasteiger partial charge on any atom is -0.389 e. The topological polar surface area (TPSA) is 46.2 Å². The molecule has 0 radical (unpaired) electrons. The fourth-order valence-corrected chi connectivity index (χ4v) is 2.81. The van der Waals surface area contributed by atoms with Gasteiger partial charge in [-0.1, -0.05) is 13.3 Å². The first-order valence-electron chi connectivity index (χ1n) is 5.61. The summed E-state index contributed by atoms with van der Waals surface area (Å²) in [5, 5.41) is 10.7. The lowest BCUT2D eigenvalue weighted by atomic mass is 9.77. The summed E-state index contributed by atoms with van der Waals surface area (Å²) in [6.45, 7) is 2.83. The van der Waals surface area contributed by atoms with Crippen molar-refractivity contribution in [2.75, 3.05) is 6.54 Å². The van der Waals surface area contributed by atoms with Gasteiger partial charge in [0.25, 0.3) is 0 Å². The molecular formula is C11H21NO. The molecule has 2 saturated carbocycles. The van der Waals surface area contributed by atoms with E-state index in [-0.39, 0.29) is 5.41 Å². The Hall–Kier alpha value is -0.0800. The number of rotatable bonds is 5. The van der Waals surface area contributed by atoms with Crippen molar-refractivity contribution >= 4 is 0 Å². The molecule has 0 bridgehead atoms. The Morgan fingerprint density at radius 3 is 2.38 bits per heavy atom. The van der Waals surface area contributed by atoms with Gasteiger partial charge in [-0.05, 0) is 38.0 Å². The summed E-state index contributed by atoms with van der Waals surface area (Å²) in [6.07, 6.45) is 6.77. The molecule has 1 atom stereocenters. The third kappa shape index (κ3) is 1.31. The van der Waals surface area contributed by atoms with Crippen LogP contribution in [0.25, 0.3) is 0 Å². The lowest BCUT2D eigenvalue weighted by molar-refractivity contribution is -0.0574. The number of hydrogen-bond donors (Lipinski definition) is 2. The van der Waals surface area contributed by atoms with Gasteiger partial charge < -0.3 is 10.8 Å². The predicted molar refractivity (Wildman–Crippen MR) is 53.3 cm³/mol.